The summed E-state index contributed by atoms with van der Waals surface area (Å²) >= 11 is 0. The summed E-state index contributed by atoms with van der Waals surface area (Å²) in [7, 11) is 0. The number of anilines is 1. The SMILES string of the molecule is CCC1CN(c2nnccc2/C(N)=N/O)CCO1. The highest BCUT2D eigenvalue weighted by Crippen LogP contribution is 2.19. The summed E-state index contributed by atoms with van der Waals surface area (Å²) in [5.41, 5.74) is 6.23. The third kappa shape index (κ3) is 2.51. The zero-order valence-corrected chi connectivity index (χ0v) is 10.3. The van der Waals surface area contributed by atoms with Crippen molar-refractivity contribution in [3.05, 3.63) is 17.8 Å². The van der Waals surface area contributed by atoms with Crippen LogP contribution in [0.2, 0.25) is 0 Å². The molecule has 1 fully saturated rings. The highest BCUT2D eigenvalue weighted by atomic mass is 16.5. The number of rotatable bonds is 3. The lowest BCUT2D eigenvalue weighted by Gasteiger charge is -2.33. The second-order valence-electron chi connectivity index (χ2n) is 4.10. The van der Waals surface area contributed by atoms with E-state index in [-0.39, 0.29) is 11.9 Å². The molecular weight excluding hydrogens is 234 g/mol. The van der Waals surface area contributed by atoms with Gasteiger partial charge in [0.05, 0.1) is 24.5 Å². The first-order valence-corrected chi connectivity index (χ1v) is 5.92. The standard InChI is InChI=1S/C11H17N5O2/c1-2-8-7-16(5-6-18-8)11-9(10(12)15-17)3-4-13-14-11/h3-4,8,17H,2,5-7H2,1H3,(H2,12,15). The summed E-state index contributed by atoms with van der Waals surface area (Å²) in [5.74, 6) is 0.675. The number of nitrogens with two attached hydrogens (primary N) is 1. The van der Waals surface area contributed by atoms with Crippen molar-refractivity contribution in [2.75, 3.05) is 24.6 Å². The molecule has 7 nitrogen and oxygen atoms in total. The van der Waals surface area contributed by atoms with Crippen LogP contribution in [-0.2, 0) is 4.74 Å². The summed E-state index contributed by atoms with van der Waals surface area (Å²) in [6, 6.07) is 1.69. The van der Waals surface area contributed by atoms with Crippen molar-refractivity contribution in [2.24, 2.45) is 10.9 Å². The lowest BCUT2D eigenvalue weighted by molar-refractivity contribution is 0.0381. The molecule has 98 valence electrons. The predicted octanol–water partition coefficient (Wildman–Crippen LogP) is 0.186. The fourth-order valence-corrected chi connectivity index (χ4v) is 1.97. The van der Waals surface area contributed by atoms with E-state index in [9.17, 15) is 0 Å². The zero-order valence-electron chi connectivity index (χ0n) is 10.3. The molecule has 1 saturated heterocycles. The van der Waals surface area contributed by atoms with Crippen molar-refractivity contribution in [2.45, 2.75) is 19.4 Å². The Kier molecular flexibility index (Phi) is 3.93. The van der Waals surface area contributed by atoms with Crippen LogP contribution in [0.25, 0.3) is 0 Å². The number of oxime groups is 1. The van der Waals surface area contributed by atoms with E-state index in [2.05, 4.69) is 27.2 Å². The van der Waals surface area contributed by atoms with Crippen molar-refractivity contribution < 1.29 is 9.94 Å². The van der Waals surface area contributed by atoms with E-state index in [1.807, 2.05) is 0 Å². The molecule has 1 atom stereocenters. The average Bonchev–Trinajstić information content (AvgIpc) is 2.46. The molecule has 0 amide bonds. The monoisotopic (exact) mass is 251 g/mol. The Balaban J connectivity index is 2.27. The molecule has 0 bridgehead atoms. The van der Waals surface area contributed by atoms with Crippen LogP contribution in [-0.4, -0.2) is 47.0 Å². The van der Waals surface area contributed by atoms with Crippen LogP contribution < -0.4 is 10.6 Å². The average molecular weight is 251 g/mol. The van der Waals surface area contributed by atoms with Crippen LogP contribution in [0.1, 0.15) is 18.9 Å². The number of nitrogens with zero attached hydrogens (tertiary/aromatic N) is 4. The highest BCUT2D eigenvalue weighted by molar-refractivity contribution is 6.01. The van der Waals surface area contributed by atoms with Gasteiger partial charge < -0.3 is 20.6 Å². The van der Waals surface area contributed by atoms with Crippen LogP contribution in [0.3, 0.4) is 0 Å². The van der Waals surface area contributed by atoms with Crippen LogP contribution in [0, 0.1) is 0 Å². The smallest absolute Gasteiger partial charge is 0.173 e. The third-order valence-electron chi connectivity index (χ3n) is 2.98. The summed E-state index contributed by atoms with van der Waals surface area (Å²) in [6.07, 6.45) is 2.64. The Morgan fingerprint density at radius 3 is 3.28 bits per heavy atom. The van der Waals surface area contributed by atoms with E-state index in [4.69, 9.17) is 15.7 Å². The molecule has 0 aromatic carbocycles. The van der Waals surface area contributed by atoms with Gasteiger partial charge in [-0.3, -0.25) is 0 Å². The van der Waals surface area contributed by atoms with Gasteiger partial charge in [-0.15, -0.1) is 5.10 Å². The first-order chi connectivity index (χ1) is 8.76. The molecule has 0 spiro atoms. The van der Waals surface area contributed by atoms with Gasteiger partial charge >= 0.3 is 0 Å². The number of morpholine rings is 1. The van der Waals surface area contributed by atoms with Gasteiger partial charge in [-0.05, 0) is 12.5 Å². The predicted molar refractivity (Wildman–Crippen MR) is 66.8 cm³/mol. The fourth-order valence-electron chi connectivity index (χ4n) is 1.97. The molecule has 1 unspecified atom stereocenters. The van der Waals surface area contributed by atoms with E-state index in [0.29, 0.717) is 18.0 Å². The van der Waals surface area contributed by atoms with Crippen LogP contribution >= 0.6 is 0 Å². The van der Waals surface area contributed by atoms with E-state index in [0.717, 1.165) is 19.5 Å². The Morgan fingerprint density at radius 1 is 1.72 bits per heavy atom. The highest BCUT2D eigenvalue weighted by Gasteiger charge is 2.23. The number of amidine groups is 1. The Morgan fingerprint density at radius 2 is 2.56 bits per heavy atom. The maximum absolute atomic E-state index is 8.78. The topological polar surface area (TPSA) is 96.9 Å². The Labute approximate surface area is 105 Å². The summed E-state index contributed by atoms with van der Waals surface area (Å²) in [6.45, 7) is 4.18. The molecule has 0 aliphatic carbocycles. The molecule has 1 aliphatic heterocycles. The van der Waals surface area contributed by atoms with Crippen molar-refractivity contribution in [1.29, 1.82) is 0 Å². The maximum Gasteiger partial charge on any atom is 0.173 e. The molecule has 18 heavy (non-hydrogen) atoms. The molecule has 1 aromatic rings. The van der Waals surface area contributed by atoms with Crippen LogP contribution in [0.5, 0.6) is 0 Å². The molecule has 1 aromatic heterocycles. The van der Waals surface area contributed by atoms with Gasteiger partial charge in [0, 0.05) is 13.1 Å². The van der Waals surface area contributed by atoms with Gasteiger partial charge in [-0.1, -0.05) is 12.1 Å². The summed E-state index contributed by atoms with van der Waals surface area (Å²) < 4.78 is 5.60. The normalized spacial score (nSPS) is 21.1. The van der Waals surface area contributed by atoms with Crippen molar-refractivity contribution in [1.82, 2.24) is 10.2 Å². The minimum atomic E-state index is 0.0411. The third-order valence-corrected chi connectivity index (χ3v) is 2.98. The molecule has 0 saturated carbocycles. The first-order valence-electron chi connectivity index (χ1n) is 5.92. The molecule has 0 radical (unpaired) electrons. The van der Waals surface area contributed by atoms with Crippen molar-refractivity contribution in [3.63, 3.8) is 0 Å². The van der Waals surface area contributed by atoms with E-state index >= 15 is 0 Å². The van der Waals surface area contributed by atoms with Gasteiger partial charge in [0.25, 0.3) is 0 Å². The largest absolute Gasteiger partial charge is 0.409 e. The van der Waals surface area contributed by atoms with Gasteiger partial charge in [0.15, 0.2) is 11.7 Å². The van der Waals surface area contributed by atoms with Crippen molar-refractivity contribution >= 4 is 11.7 Å². The van der Waals surface area contributed by atoms with Gasteiger partial charge in [-0.25, -0.2) is 0 Å². The molecule has 2 rings (SSSR count). The van der Waals surface area contributed by atoms with Gasteiger partial charge in [0.2, 0.25) is 0 Å². The molecule has 1 aliphatic rings. The molecule has 2 heterocycles. The van der Waals surface area contributed by atoms with Crippen molar-refractivity contribution in [3.8, 4) is 0 Å². The number of hydrogen-bond acceptors (Lipinski definition) is 6. The molecule has 3 N–H and O–H groups in total. The Bertz CT molecular complexity index is 437. The quantitative estimate of drug-likeness (QED) is 0.344. The Hall–Kier alpha value is -1.89. The van der Waals surface area contributed by atoms with Crippen LogP contribution in [0.15, 0.2) is 17.4 Å². The first kappa shape index (κ1) is 12.6. The summed E-state index contributed by atoms with van der Waals surface area (Å²) in [4.78, 5) is 2.05. The number of aromatic nitrogens is 2. The lowest BCUT2D eigenvalue weighted by Crippen LogP contribution is -2.43. The van der Waals surface area contributed by atoms with Crippen LogP contribution in [0.4, 0.5) is 5.82 Å². The lowest BCUT2D eigenvalue weighted by atomic mass is 10.2. The molecule has 7 heteroatoms. The minimum Gasteiger partial charge on any atom is -0.409 e. The second kappa shape index (κ2) is 5.63. The molecular formula is C11H17N5O2. The fraction of sp³-hybridized carbons (Fsp3) is 0.545. The maximum atomic E-state index is 8.78. The van der Waals surface area contributed by atoms with E-state index in [1.165, 1.54) is 6.20 Å². The van der Waals surface area contributed by atoms with Gasteiger partial charge in [0.1, 0.15) is 0 Å². The zero-order chi connectivity index (χ0) is 13.0. The number of hydrogen-bond donors (Lipinski definition) is 2. The minimum absolute atomic E-state index is 0.0411. The second-order valence-corrected chi connectivity index (χ2v) is 4.10. The van der Waals surface area contributed by atoms with E-state index in [1.54, 1.807) is 6.07 Å². The summed E-state index contributed by atoms with van der Waals surface area (Å²) in [5, 5.41) is 19.8. The number of ether oxygens (including phenoxy) is 1. The van der Waals surface area contributed by atoms with E-state index < -0.39 is 0 Å². The van der Waals surface area contributed by atoms with Gasteiger partial charge in [-0.2, -0.15) is 5.10 Å².